The van der Waals surface area contributed by atoms with Gasteiger partial charge in [-0.15, -0.1) is 0 Å². The minimum Gasteiger partial charge on any atom is -0.439 e. The van der Waals surface area contributed by atoms with Crippen LogP contribution in [0.5, 0.6) is 11.6 Å². The molecule has 0 spiro atoms. The average molecular weight is 404 g/mol. The van der Waals surface area contributed by atoms with Gasteiger partial charge in [0, 0.05) is 24.1 Å². The van der Waals surface area contributed by atoms with E-state index in [0.29, 0.717) is 29.0 Å². The van der Waals surface area contributed by atoms with E-state index in [1.807, 2.05) is 0 Å². The van der Waals surface area contributed by atoms with Crippen molar-refractivity contribution >= 4 is 17.4 Å². The third-order valence-corrected chi connectivity index (χ3v) is 4.00. The zero-order valence-corrected chi connectivity index (χ0v) is 15.9. The van der Waals surface area contributed by atoms with E-state index in [-0.39, 0.29) is 5.69 Å². The fourth-order valence-electron chi connectivity index (χ4n) is 2.67. The monoisotopic (exact) mass is 404 g/mol. The number of rotatable bonds is 5. The van der Waals surface area contributed by atoms with Crippen molar-refractivity contribution in [2.75, 3.05) is 10.6 Å². The van der Waals surface area contributed by atoms with Gasteiger partial charge in [-0.25, -0.2) is 18.9 Å². The molecule has 4 aromatic rings. The van der Waals surface area contributed by atoms with Crippen LogP contribution in [0.3, 0.4) is 0 Å². The highest BCUT2D eigenvalue weighted by atomic mass is 19.1. The molecule has 0 saturated heterocycles. The Bertz CT molecular complexity index is 1160. The molecule has 0 atom stereocenters. The number of nitrogens with one attached hydrogen (secondary N) is 2. The van der Waals surface area contributed by atoms with E-state index < -0.39 is 11.8 Å². The summed E-state index contributed by atoms with van der Waals surface area (Å²) in [6, 6.07) is 15.6. The molecule has 0 aliphatic carbocycles. The summed E-state index contributed by atoms with van der Waals surface area (Å²) in [5, 5.41) is 9.24. The third kappa shape index (κ3) is 4.58. The van der Waals surface area contributed by atoms with Crippen LogP contribution in [0.15, 0.2) is 73.1 Å². The Hall–Kier alpha value is -4.27. The Labute approximate surface area is 171 Å². The third-order valence-electron chi connectivity index (χ3n) is 4.00. The van der Waals surface area contributed by atoms with Gasteiger partial charge in [0.05, 0.1) is 5.69 Å². The SMILES string of the molecule is Cc1nc(Oc2ccc(NC(=O)Nc3ccccc3F)cc2)cc(-n2cccn2)n1. The number of carbonyl (C=O) groups is 1. The number of carbonyl (C=O) groups excluding carboxylic acids is 1. The number of hydrogen-bond acceptors (Lipinski definition) is 5. The maximum absolute atomic E-state index is 13.6. The first-order valence-electron chi connectivity index (χ1n) is 9.03. The van der Waals surface area contributed by atoms with Gasteiger partial charge in [-0.2, -0.15) is 10.1 Å². The second kappa shape index (κ2) is 8.39. The Morgan fingerprint density at radius 1 is 1.03 bits per heavy atom. The Morgan fingerprint density at radius 2 is 1.83 bits per heavy atom. The molecule has 9 heteroatoms. The number of halogens is 1. The number of hydrogen-bond donors (Lipinski definition) is 2. The van der Waals surface area contributed by atoms with Gasteiger partial charge in [0.15, 0.2) is 5.82 Å². The largest absolute Gasteiger partial charge is 0.439 e. The van der Waals surface area contributed by atoms with E-state index in [1.165, 1.54) is 12.1 Å². The highest BCUT2D eigenvalue weighted by Gasteiger charge is 2.08. The first kappa shape index (κ1) is 19.1. The molecular formula is C21H17FN6O2. The van der Waals surface area contributed by atoms with Gasteiger partial charge in [0.2, 0.25) is 5.88 Å². The zero-order valence-electron chi connectivity index (χ0n) is 15.9. The van der Waals surface area contributed by atoms with Gasteiger partial charge in [-0.1, -0.05) is 12.1 Å². The summed E-state index contributed by atoms with van der Waals surface area (Å²) in [5.74, 6) is 1.52. The molecule has 0 unspecified atom stereocenters. The van der Waals surface area contributed by atoms with E-state index in [0.717, 1.165) is 0 Å². The van der Waals surface area contributed by atoms with E-state index >= 15 is 0 Å². The highest BCUT2D eigenvalue weighted by molar-refractivity contribution is 5.99. The molecule has 2 N–H and O–H groups in total. The molecule has 150 valence electrons. The van der Waals surface area contributed by atoms with E-state index in [4.69, 9.17) is 4.74 Å². The second-order valence-electron chi connectivity index (χ2n) is 6.25. The minimum atomic E-state index is -0.552. The van der Waals surface area contributed by atoms with Crippen molar-refractivity contribution in [1.29, 1.82) is 0 Å². The Kier molecular flexibility index (Phi) is 5.33. The van der Waals surface area contributed by atoms with Crippen molar-refractivity contribution in [3.8, 4) is 17.4 Å². The van der Waals surface area contributed by atoms with Crippen LogP contribution in [0.25, 0.3) is 5.82 Å². The highest BCUT2D eigenvalue weighted by Crippen LogP contribution is 2.23. The van der Waals surface area contributed by atoms with Crippen LogP contribution in [0.1, 0.15) is 5.82 Å². The van der Waals surface area contributed by atoms with Crippen molar-refractivity contribution in [3.63, 3.8) is 0 Å². The summed E-state index contributed by atoms with van der Waals surface area (Å²) in [7, 11) is 0. The fourth-order valence-corrected chi connectivity index (χ4v) is 2.67. The number of aromatic nitrogens is 4. The van der Waals surface area contributed by atoms with Crippen molar-refractivity contribution in [2.45, 2.75) is 6.92 Å². The number of aryl methyl sites for hydroxylation is 1. The van der Waals surface area contributed by atoms with Crippen LogP contribution >= 0.6 is 0 Å². The molecule has 30 heavy (non-hydrogen) atoms. The van der Waals surface area contributed by atoms with Crippen LogP contribution < -0.4 is 15.4 Å². The van der Waals surface area contributed by atoms with Crippen LogP contribution in [-0.4, -0.2) is 25.8 Å². The second-order valence-corrected chi connectivity index (χ2v) is 6.25. The molecule has 0 radical (unpaired) electrons. The van der Waals surface area contributed by atoms with Crippen molar-refractivity contribution < 1.29 is 13.9 Å². The van der Waals surface area contributed by atoms with Gasteiger partial charge < -0.3 is 15.4 Å². The number of amides is 2. The number of anilines is 2. The molecule has 2 amide bonds. The van der Waals surface area contributed by atoms with Gasteiger partial charge in [-0.05, 0) is 49.4 Å². The Morgan fingerprint density at radius 3 is 2.57 bits per heavy atom. The zero-order chi connectivity index (χ0) is 20.9. The fraction of sp³-hybridized carbons (Fsp3) is 0.0476. The lowest BCUT2D eigenvalue weighted by Gasteiger charge is -2.10. The van der Waals surface area contributed by atoms with Crippen LogP contribution in [-0.2, 0) is 0 Å². The number of nitrogens with zero attached hydrogens (tertiary/aromatic N) is 4. The lowest BCUT2D eigenvalue weighted by atomic mass is 10.3. The smallest absolute Gasteiger partial charge is 0.323 e. The summed E-state index contributed by atoms with van der Waals surface area (Å²) >= 11 is 0. The summed E-state index contributed by atoms with van der Waals surface area (Å²) in [6.07, 6.45) is 3.43. The molecule has 2 heterocycles. The number of benzene rings is 2. The maximum Gasteiger partial charge on any atom is 0.323 e. The molecule has 0 saturated carbocycles. The molecule has 0 fully saturated rings. The predicted octanol–water partition coefficient (Wildman–Crippen LogP) is 4.55. The van der Waals surface area contributed by atoms with Crippen LogP contribution in [0, 0.1) is 12.7 Å². The topological polar surface area (TPSA) is 94.0 Å². The van der Waals surface area contributed by atoms with E-state index in [9.17, 15) is 9.18 Å². The number of urea groups is 1. The first-order chi connectivity index (χ1) is 14.6. The van der Waals surface area contributed by atoms with Crippen molar-refractivity contribution in [3.05, 3.63) is 84.7 Å². The van der Waals surface area contributed by atoms with E-state index in [2.05, 4.69) is 25.7 Å². The van der Waals surface area contributed by atoms with Gasteiger partial charge in [0.25, 0.3) is 0 Å². The maximum atomic E-state index is 13.6. The normalized spacial score (nSPS) is 10.5. The number of ether oxygens (including phenoxy) is 1. The number of para-hydroxylation sites is 1. The summed E-state index contributed by atoms with van der Waals surface area (Å²) in [5.41, 5.74) is 0.620. The van der Waals surface area contributed by atoms with Gasteiger partial charge in [0.1, 0.15) is 17.4 Å². The predicted molar refractivity (Wildman–Crippen MR) is 109 cm³/mol. The van der Waals surface area contributed by atoms with Crippen molar-refractivity contribution in [1.82, 2.24) is 19.7 Å². The van der Waals surface area contributed by atoms with Crippen molar-refractivity contribution in [2.24, 2.45) is 0 Å². The van der Waals surface area contributed by atoms with Gasteiger partial charge in [-0.3, -0.25) is 0 Å². The summed E-state index contributed by atoms with van der Waals surface area (Å²) < 4.78 is 21.0. The summed E-state index contributed by atoms with van der Waals surface area (Å²) in [4.78, 5) is 20.7. The van der Waals surface area contributed by atoms with Crippen LogP contribution in [0.4, 0.5) is 20.6 Å². The molecule has 2 aromatic heterocycles. The first-order valence-corrected chi connectivity index (χ1v) is 9.03. The summed E-state index contributed by atoms with van der Waals surface area (Å²) in [6.45, 7) is 1.76. The van der Waals surface area contributed by atoms with Crippen LogP contribution in [0.2, 0.25) is 0 Å². The molecule has 0 aliphatic rings. The molecule has 0 bridgehead atoms. The van der Waals surface area contributed by atoms with Gasteiger partial charge >= 0.3 is 6.03 Å². The molecule has 2 aromatic carbocycles. The molecule has 0 aliphatic heterocycles. The molecule has 8 nitrogen and oxygen atoms in total. The Balaban J connectivity index is 1.42. The quantitative estimate of drug-likeness (QED) is 0.509. The lowest BCUT2D eigenvalue weighted by molar-refractivity contribution is 0.262. The standard InChI is InChI=1S/C21H17FN6O2/c1-14-24-19(28-12-4-11-23-28)13-20(25-14)30-16-9-7-15(8-10-16)26-21(29)27-18-6-3-2-5-17(18)22/h2-13H,1H3,(H2,26,27,29). The molecular weight excluding hydrogens is 387 g/mol. The minimum absolute atomic E-state index is 0.0991. The average Bonchev–Trinajstić information content (AvgIpc) is 3.26. The molecule has 4 rings (SSSR count). The lowest BCUT2D eigenvalue weighted by Crippen LogP contribution is -2.20. The van der Waals surface area contributed by atoms with E-state index in [1.54, 1.807) is 72.5 Å².